The molecule has 178 valence electrons. The summed E-state index contributed by atoms with van der Waals surface area (Å²) < 4.78 is 77.8. The molecule has 3 aliphatic heterocycles. The fraction of sp³-hybridized carbons (Fsp3) is 0.400. The zero-order chi connectivity index (χ0) is 29.9. The molecule has 9 heteroatoms. The molecule has 0 saturated carbocycles. The van der Waals surface area contributed by atoms with Crippen molar-refractivity contribution >= 4 is 23.4 Å². The third-order valence-electron chi connectivity index (χ3n) is 5.95. The third-order valence-corrected chi connectivity index (χ3v) is 5.95. The van der Waals surface area contributed by atoms with Gasteiger partial charge in [0.25, 0.3) is 5.91 Å². The van der Waals surface area contributed by atoms with Gasteiger partial charge in [-0.1, -0.05) is 12.1 Å². The van der Waals surface area contributed by atoms with Crippen LogP contribution in [0.4, 0.5) is 10.1 Å². The molecule has 1 atom stereocenters. The second-order valence-corrected chi connectivity index (χ2v) is 8.14. The molecule has 2 fully saturated rings. The number of amides is 3. The van der Waals surface area contributed by atoms with Gasteiger partial charge in [0.05, 0.1) is 17.3 Å². The summed E-state index contributed by atoms with van der Waals surface area (Å²) in [7, 11) is 0. The van der Waals surface area contributed by atoms with Gasteiger partial charge in [-0.2, -0.15) is 0 Å². The van der Waals surface area contributed by atoms with Gasteiger partial charge in [-0.25, -0.2) is 4.39 Å². The summed E-state index contributed by atoms with van der Waals surface area (Å²) in [4.78, 5) is 40.7. The number of piperidine rings is 1. The second-order valence-electron chi connectivity index (χ2n) is 8.14. The van der Waals surface area contributed by atoms with Crippen molar-refractivity contribution in [1.82, 2.24) is 15.1 Å². The topological polar surface area (TPSA) is 91.0 Å². The maximum absolute atomic E-state index is 15.1. The molecular formula is C25H27FN4O4. The lowest BCUT2D eigenvalue weighted by atomic mass is 10.0. The maximum Gasteiger partial charge on any atom is 0.255 e. The monoisotopic (exact) mass is 473 g/mol. The lowest BCUT2D eigenvalue weighted by Crippen LogP contribution is -2.52. The predicted molar refractivity (Wildman–Crippen MR) is 122 cm³/mol. The molecule has 3 amide bonds. The highest BCUT2D eigenvalue weighted by Gasteiger charge is 2.39. The summed E-state index contributed by atoms with van der Waals surface area (Å²) in [6.07, 6.45) is -6.11. The van der Waals surface area contributed by atoms with E-state index in [0.717, 1.165) is 4.90 Å². The van der Waals surface area contributed by atoms with Crippen molar-refractivity contribution in [3.63, 3.8) is 0 Å². The van der Waals surface area contributed by atoms with Crippen molar-refractivity contribution in [2.45, 2.75) is 38.4 Å². The number of hydrogen-bond donors (Lipinski definition) is 2. The highest BCUT2D eigenvalue weighted by molar-refractivity contribution is 6.06. The number of rotatable bonds is 6. The van der Waals surface area contributed by atoms with E-state index in [1.165, 1.54) is 12.1 Å². The smallest absolute Gasteiger partial charge is 0.255 e. The first-order valence-electron chi connectivity index (χ1n) is 14.4. The van der Waals surface area contributed by atoms with Gasteiger partial charge in [-0.05, 0) is 36.2 Å². The van der Waals surface area contributed by atoms with E-state index in [-0.39, 0.29) is 48.4 Å². The van der Waals surface area contributed by atoms with E-state index < -0.39 is 48.4 Å². The first kappa shape index (κ1) is 15.6. The van der Waals surface area contributed by atoms with E-state index >= 15 is 4.39 Å². The Balaban J connectivity index is 1.42. The average molecular weight is 474 g/mol. The van der Waals surface area contributed by atoms with Crippen LogP contribution in [0.15, 0.2) is 36.3 Å². The van der Waals surface area contributed by atoms with Crippen LogP contribution in [0, 0.1) is 5.82 Å². The van der Waals surface area contributed by atoms with E-state index in [4.69, 9.17) is 14.3 Å². The fourth-order valence-corrected chi connectivity index (χ4v) is 4.20. The molecule has 2 aromatic carbocycles. The maximum atomic E-state index is 15.1. The Labute approximate surface area is 206 Å². The van der Waals surface area contributed by atoms with Gasteiger partial charge in [0.15, 0.2) is 0 Å². The van der Waals surface area contributed by atoms with Crippen LogP contribution < -0.4 is 10.6 Å². The molecule has 0 aliphatic carbocycles. The van der Waals surface area contributed by atoms with Crippen LogP contribution in [0.3, 0.4) is 0 Å². The summed E-state index contributed by atoms with van der Waals surface area (Å²) in [5, 5.41) is 4.79. The number of nitrogens with one attached hydrogen (secondary N) is 2. The Morgan fingerprint density at radius 2 is 2.06 bits per heavy atom. The van der Waals surface area contributed by atoms with Crippen molar-refractivity contribution in [2.24, 2.45) is 0 Å². The third kappa shape index (κ3) is 4.53. The minimum Gasteiger partial charge on any atom is -0.381 e. The molecular weight excluding hydrogens is 439 g/mol. The number of carbonyl (C=O) groups excluding carboxylic acids is 3. The largest absolute Gasteiger partial charge is 0.381 e. The SMILES string of the molecule is [2H]c1c([2H])c(CN2CCOCC2)c([2H])c(CNc2cccc3c2CN(C2C(=O)NC(=O)C([2H])([2H])C2([2H])[2H])C3=O)c1F. The molecule has 3 heterocycles. The molecule has 0 aromatic heterocycles. The standard InChI is InChI=1S/C25H27FN4O4/c26-20-5-4-16(14-29-8-10-34-11-9-29)12-17(20)13-27-21-3-1-2-18-19(21)15-30(25(18)33)22-6-7-23(31)28-24(22)32/h1-5,12,22,27H,6-11,13-15H2,(H,28,31,32)/i4D,5D,6D2,7D2,12D. The average Bonchev–Trinajstić information content (AvgIpc) is 3.26. The second kappa shape index (κ2) is 9.52. The Bertz CT molecular complexity index is 1450. The van der Waals surface area contributed by atoms with Gasteiger partial charge < -0.3 is 15.0 Å². The van der Waals surface area contributed by atoms with E-state index in [1.54, 1.807) is 6.07 Å². The first-order chi connectivity index (χ1) is 19.3. The van der Waals surface area contributed by atoms with Crippen LogP contribution in [-0.4, -0.2) is 59.9 Å². The summed E-state index contributed by atoms with van der Waals surface area (Å²) in [5.74, 6) is -4.32. The van der Waals surface area contributed by atoms with Crippen LogP contribution >= 0.6 is 0 Å². The lowest BCUT2D eigenvalue weighted by molar-refractivity contribution is -0.136. The summed E-state index contributed by atoms with van der Waals surface area (Å²) >= 11 is 0. The quantitative estimate of drug-likeness (QED) is 0.624. The summed E-state index contributed by atoms with van der Waals surface area (Å²) in [6, 6.07) is 1.41. The molecule has 2 saturated heterocycles. The van der Waals surface area contributed by atoms with Gasteiger partial charge in [-0.15, -0.1) is 0 Å². The molecule has 2 aromatic rings. The van der Waals surface area contributed by atoms with Gasteiger partial charge in [0.1, 0.15) is 11.9 Å². The number of benzene rings is 2. The molecule has 0 bridgehead atoms. The molecule has 8 nitrogen and oxygen atoms in total. The normalized spacial score (nSPS) is 26.9. The van der Waals surface area contributed by atoms with Crippen molar-refractivity contribution in [3.05, 3.63) is 64.4 Å². The zero-order valence-electron chi connectivity index (χ0n) is 25.2. The molecule has 1 unspecified atom stereocenters. The van der Waals surface area contributed by atoms with Crippen molar-refractivity contribution < 1.29 is 33.1 Å². The van der Waals surface area contributed by atoms with Gasteiger partial charge in [0.2, 0.25) is 11.8 Å². The molecule has 0 spiro atoms. The van der Waals surface area contributed by atoms with Crippen LogP contribution in [0.2, 0.25) is 0 Å². The highest BCUT2D eigenvalue weighted by atomic mass is 19.1. The van der Waals surface area contributed by atoms with Gasteiger partial charge in [-0.3, -0.25) is 24.6 Å². The van der Waals surface area contributed by atoms with Crippen molar-refractivity contribution in [1.29, 1.82) is 0 Å². The summed E-state index contributed by atoms with van der Waals surface area (Å²) in [5.41, 5.74) is 0.844. The van der Waals surface area contributed by atoms with Gasteiger partial charge in [0, 0.05) is 67.0 Å². The number of hydrogen-bond acceptors (Lipinski definition) is 6. The van der Waals surface area contributed by atoms with Gasteiger partial charge >= 0.3 is 0 Å². The Morgan fingerprint density at radius 1 is 1.24 bits per heavy atom. The molecule has 5 rings (SSSR count). The number of ether oxygens (including phenoxy) is 1. The van der Waals surface area contributed by atoms with E-state index in [2.05, 4.69) is 5.32 Å². The van der Waals surface area contributed by atoms with Crippen molar-refractivity contribution in [3.8, 4) is 0 Å². The summed E-state index contributed by atoms with van der Waals surface area (Å²) in [6.45, 7) is 1.75. The number of morpholine rings is 1. The fourth-order valence-electron chi connectivity index (χ4n) is 4.20. The zero-order valence-corrected chi connectivity index (χ0v) is 18.2. The highest BCUT2D eigenvalue weighted by Crippen LogP contribution is 2.32. The van der Waals surface area contributed by atoms with Crippen LogP contribution in [0.5, 0.6) is 0 Å². The first-order valence-corrected chi connectivity index (χ1v) is 10.9. The number of fused-ring (bicyclic) bond motifs is 1. The minimum absolute atomic E-state index is 0.110. The Kier molecular flexibility index (Phi) is 4.36. The lowest BCUT2D eigenvalue weighted by Gasteiger charge is -2.29. The van der Waals surface area contributed by atoms with Crippen LogP contribution in [0.1, 0.15) is 49.4 Å². The minimum atomic E-state index is -3.08. The van der Waals surface area contributed by atoms with E-state index in [9.17, 15) is 14.4 Å². The van der Waals surface area contributed by atoms with E-state index in [1.807, 2.05) is 10.2 Å². The Morgan fingerprint density at radius 3 is 2.88 bits per heavy atom. The number of carbonyl (C=O) groups is 3. The van der Waals surface area contributed by atoms with Crippen LogP contribution in [-0.2, 0) is 34.0 Å². The Hall–Kier alpha value is -3.30. The molecule has 3 aliphatic rings. The number of halogens is 1. The predicted octanol–water partition coefficient (Wildman–Crippen LogP) is 2.03. The molecule has 34 heavy (non-hydrogen) atoms. The number of nitrogens with zero attached hydrogens (tertiary/aromatic N) is 2. The molecule has 0 radical (unpaired) electrons. The van der Waals surface area contributed by atoms with Crippen LogP contribution in [0.25, 0.3) is 0 Å². The molecule has 2 N–H and O–H groups in total. The number of imide groups is 1. The van der Waals surface area contributed by atoms with E-state index in [0.29, 0.717) is 37.6 Å². The number of anilines is 1. The van der Waals surface area contributed by atoms with Crippen molar-refractivity contribution in [2.75, 3.05) is 31.6 Å².